The van der Waals surface area contributed by atoms with E-state index >= 15 is 0 Å². The van der Waals surface area contributed by atoms with E-state index in [0.29, 0.717) is 23.7 Å². The number of carboxylic acid groups (broad SMARTS) is 1. The van der Waals surface area contributed by atoms with Crippen LogP contribution in [0.4, 0.5) is 0 Å². The summed E-state index contributed by atoms with van der Waals surface area (Å²) >= 11 is 0. The summed E-state index contributed by atoms with van der Waals surface area (Å²) in [4.78, 5) is 26.4. The molecule has 3 atom stereocenters. The number of carboxylic acids is 1. The minimum Gasteiger partial charge on any atom is -0.480 e. The molecule has 8 nitrogen and oxygen atoms in total. The predicted octanol–water partition coefficient (Wildman–Crippen LogP) is 1.83. The second kappa shape index (κ2) is 6.51. The second-order valence-electron chi connectivity index (χ2n) is 7.10. The van der Waals surface area contributed by atoms with Crippen LogP contribution in [0.25, 0.3) is 5.69 Å². The molecule has 1 aliphatic heterocycles. The summed E-state index contributed by atoms with van der Waals surface area (Å²) in [5, 5.41) is 21.0. The molecule has 26 heavy (non-hydrogen) atoms. The van der Waals surface area contributed by atoms with Crippen molar-refractivity contribution >= 4 is 11.9 Å². The Bertz CT molecular complexity index is 832. The van der Waals surface area contributed by atoms with Gasteiger partial charge in [-0.05, 0) is 66.8 Å². The summed E-state index contributed by atoms with van der Waals surface area (Å²) in [6.45, 7) is 1.80. The van der Waals surface area contributed by atoms with Crippen molar-refractivity contribution in [3.05, 3.63) is 35.7 Å². The lowest BCUT2D eigenvalue weighted by molar-refractivity contribution is -0.141. The van der Waals surface area contributed by atoms with Gasteiger partial charge in [-0.3, -0.25) is 4.79 Å². The van der Waals surface area contributed by atoms with Gasteiger partial charge in [-0.1, -0.05) is 12.8 Å². The number of carbonyl (C=O) groups excluding carboxylic acids is 1. The Balaban J connectivity index is 1.61. The van der Waals surface area contributed by atoms with Crippen molar-refractivity contribution in [1.29, 1.82) is 0 Å². The standard InChI is InChI=1S/C18H21N5O3/c1-11-19-20-21-23(11)14-8-6-12(7-9-14)17(24)22-15-5-3-2-4-13(15)10-16(22)18(25)26/h6-9,13,15-16H,2-5,10H2,1H3,(H,25,26)/t13-,15-,16-/m0/s1. The van der Waals surface area contributed by atoms with E-state index in [-0.39, 0.29) is 11.9 Å². The molecule has 1 saturated carbocycles. The van der Waals surface area contributed by atoms with Crippen molar-refractivity contribution in [1.82, 2.24) is 25.1 Å². The Morgan fingerprint density at radius 2 is 1.88 bits per heavy atom. The summed E-state index contributed by atoms with van der Waals surface area (Å²) in [6.07, 6.45) is 4.63. The molecule has 0 spiro atoms. The Labute approximate surface area is 150 Å². The third-order valence-corrected chi connectivity index (χ3v) is 5.59. The van der Waals surface area contributed by atoms with Crippen molar-refractivity contribution in [2.75, 3.05) is 0 Å². The topological polar surface area (TPSA) is 101 Å². The molecule has 0 radical (unpaired) electrons. The summed E-state index contributed by atoms with van der Waals surface area (Å²) in [7, 11) is 0. The number of rotatable bonds is 3. The number of carbonyl (C=O) groups is 2. The largest absolute Gasteiger partial charge is 0.480 e. The van der Waals surface area contributed by atoms with E-state index in [0.717, 1.165) is 31.4 Å². The van der Waals surface area contributed by atoms with Crippen molar-refractivity contribution in [2.45, 2.75) is 51.1 Å². The molecule has 0 bridgehead atoms. The SMILES string of the molecule is Cc1nnnn1-c1ccc(C(=O)N2[C@H](C(=O)O)C[C@@H]3CCCC[C@@H]32)cc1. The van der Waals surface area contributed by atoms with E-state index < -0.39 is 12.0 Å². The average Bonchev–Trinajstić information content (AvgIpc) is 3.25. The van der Waals surface area contributed by atoms with Gasteiger partial charge in [0.05, 0.1) is 5.69 Å². The van der Waals surface area contributed by atoms with Crippen LogP contribution in [0.15, 0.2) is 24.3 Å². The summed E-state index contributed by atoms with van der Waals surface area (Å²) in [6, 6.07) is 6.30. The van der Waals surface area contributed by atoms with E-state index in [1.165, 1.54) is 0 Å². The Hall–Kier alpha value is -2.77. The first-order chi connectivity index (χ1) is 12.6. The highest BCUT2D eigenvalue weighted by Gasteiger charge is 2.47. The van der Waals surface area contributed by atoms with Crippen LogP contribution in [-0.2, 0) is 4.79 Å². The van der Waals surface area contributed by atoms with Gasteiger partial charge in [0.1, 0.15) is 6.04 Å². The van der Waals surface area contributed by atoms with Gasteiger partial charge in [-0.15, -0.1) is 5.10 Å². The lowest BCUT2D eigenvalue weighted by atomic mass is 9.84. The molecule has 1 N–H and O–H groups in total. The van der Waals surface area contributed by atoms with Gasteiger partial charge in [0.15, 0.2) is 5.82 Å². The molecule has 8 heteroatoms. The van der Waals surface area contributed by atoms with Crippen LogP contribution >= 0.6 is 0 Å². The number of tetrazole rings is 1. The van der Waals surface area contributed by atoms with Crippen molar-refractivity contribution in [3.63, 3.8) is 0 Å². The first-order valence-electron chi connectivity index (χ1n) is 8.97. The molecule has 2 aromatic rings. The molecule has 136 valence electrons. The smallest absolute Gasteiger partial charge is 0.326 e. The molecular formula is C18H21N5O3. The highest BCUT2D eigenvalue weighted by atomic mass is 16.4. The average molecular weight is 355 g/mol. The number of likely N-dealkylation sites (tertiary alicyclic amines) is 1. The van der Waals surface area contributed by atoms with E-state index in [4.69, 9.17) is 0 Å². The lowest BCUT2D eigenvalue weighted by Crippen LogP contribution is -2.46. The predicted molar refractivity (Wildman–Crippen MR) is 91.8 cm³/mol. The number of nitrogens with zero attached hydrogens (tertiary/aromatic N) is 5. The summed E-state index contributed by atoms with van der Waals surface area (Å²) < 4.78 is 1.58. The minimum atomic E-state index is -0.909. The van der Waals surface area contributed by atoms with E-state index in [1.54, 1.807) is 40.8 Å². The van der Waals surface area contributed by atoms with Crippen LogP contribution in [0.2, 0.25) is 0 Å². The van der Waals surface area contributed by atoms with Crippen LogP contribution < -0.4 is 0 Å². The number of aromatic nitrogens is 4. The van der Waals surface area contributed by atoms with Gasteiger partial charge >= 0.3 is 5.97 Å². The molecule has 1 aromatic heterocycles. The number of fused-ring (bicyclic) bond motifs is 1. The summed E-state index contributed by atoms with van der Waals surface area (Å²) in [5.74, 6) is -0.156. The highest BCUT2D eigenvalue weighted by molar-refractivity contribution is 5.97. The maximum Gasteiger partial charge on any atom is 0.326 e. The van der Waals surface area contributed by atoms with Gasteiger partial charge in [0.2, 0.25) is 0 Å². The van der Waals surface area contributed by atoms with Crippen LogP contribution in [-0.4, -0.2) is 54.2 Å². The van der Waals surface area contributed by atoms with Gasteiger partial charge in [0, 0.05) is 11.6 Å². The zero-order chi connectivity index (χ0) is 18.3. The molecule has 1 aromatic carbocycles. The first-order valence-corrected chi connectivity index (χ1v) is 8.97. The maximum absolute atomic E-state index is 13.1. The molecular weight excluding hydrogens is 334 g/mol. The quantitative estimate of drug-likeness (QED) is 0.901. The molecule has 1 saturated heterocycles. The lowest BCUT2D eigenvalue weighted by Gasteiger charge is -2.33. The van der Waals surface area contributed by atoms with Crippen LogP contribution in [0, 0.1) is 12.8 Å². The number of aryl methyl sites for hydroxylation is 1. The minimum absolute atomic E-state index is 0.0405. The van der Waals surface area contributed by atoms with Crippen molar-refractivity contribution in [3.8, 4) is 5.69 Å². The molecule has 2 heterocycles. The molecule has 1 aliphatic carbocycles. The van der Waals surface area contributed by atoms with E-state index in [1.807, 2.05) is 0 Å². The maximum atomic E-state index is 13.1. The fourth-order valence-electron chi connectivity index (χ4n) is 4.34. The van der Waals surface area contributed by atoms with Gasteiger partial charge < -0.3 is 10.0 Å². The number of hydrogen-bond donors (Lipinski definition) is 1. The second-order valence-corrected chi connectivity index (χ2v) is 7.10. The Morgan fingerprint density at radius 3 is 2.54 bits per heavy atom. The molecule has 2 aliphatic rings. The highest BCUT2D eigenvalue weighted by Crippen LogP contribution is 2.40. The molecule has 1 amide bonds. The van der Waals surface area contributed by atoms with E-state index in [2.05, 4.69) is 15.5 Å². The number of hydrogen-bond acceptors (Lipinski definition) is 5. The number of amides is 1. The third kappa shape index (κ3) is 2.75. The first kappa shape index (κ1) is 16.7. The molecule has 0 unspecified atom stereocenters. The number of benzene rings is 1. The summed E-state index contributed by atoms with van der Waals surface area (Å²) in [5.41, 5.74) is 1.26. The van der Waals surface area contributed by atoms with Crippen LogP contribution in [0.5, 0.6) is 0 Å². The molecule has 4 rings (SSSR count). The van der Waals surface area contributed by atoms with E-state index in [9.17, 15) is 14.7 Å². The van der Waals surface area contributed by atoms with Gasteiger partial charge in [0.25, 0.3) is 5.91 Å². The normalized spacial score (nSPS) is 25.1. The monoisotopic (exact) mass is 355 g/mol. The van der Waals surface area contributed by atoms with Crippen molar-refractivity contribution in [2.24, 2.45) is 5.92 Å². The fraction of sp³-hybridized carbons (Fsp3) is 0.500. The zero-order valence-electron chi connectivity index (χ0n) is 14.6. The van der Waals surface area contributed by atoms with Crippen LogP contribution in [0.1, 0.15) is 48.3 Å². The zero-order valence-corrected chi connectivity index (χ0v) is 14.6. The Morgan fingerprint density at radius 1 is 1.15 bits per heavy atom. The molecule has 2 fully saturated rings. The van der Waals surface area contributed by atoms with Gasteiger partial charge in [-0.2, -0.15) is 4.68 Å². The third-order valence-electron chi connectivity index (χ3n) is 5.59. The van der Waals surface area contributed by atoms with Crippen LogP contribution in [0.3, 0.4) is 0 Å². The van der Waals surface area contributed by atoms with Crippen molar-refractivity contribution < 1.29 is 14.7 Å². The van der Waals surface area contributed by atoms with Gasteiger partial charge in [-0.25, -0.2) is 4.79 Å². The number of aliphatic carboxylic acids is 1. The fourth-order valence-corrected chi connectivity index (χ4v) is 4.34. The Kier molecular flexibility index (Phi) is 4.18.